The molecule has 0 radical (unpaired) electrons. The van der Waals surface area contributed by atoms with E-state index >= 15 is 0 Å². The van der Waals surface area contributed by atoms with E-state index in [-0.39, 0.29) is 4.60 Å². The lowest BCUT2D eigenvalue weighted by molar-refractivity contribution is -0.275. The highest BCUT2D eigenvalue weighted by Crippen LogP contribution is 2.37. The Morgan fingerprint density at radius 3 is 2.38 bits per heavy atom. The summed E-state index contributed by atoms with van der Waals surface area (Å²) < 4.78 is 63.8. The number of nitrogens with zero attached hydrogens (tertiary/aromatic N) is 1. The maximum Gasteiger partial charge on any atom is 0.573 e. The summed E-state index contributed by atoms with van der Waals surface area (Å²) in [5.74, 6) is -1.94. The first kappa shape index (κ1) is 12.9. The van der Waals surface area contributed by atoms with Gasteiger partial charge in [-0.05, 0) is 22.0 Å². The van der Waals surface area contributed by atoms with E-state index in [0.29, 0.717) is 6.07 Å². The summed E-state index contributed by atoms with van der Waals surface area (Å²) in [6, 6.07) is 0.710. The number of anilines is 1. The number of ether oxygens (including phenoxy) is 1. The number of rotatable bonds is 2. The fourth-order valence-corrected chi connectivity index (χ4v) is 1.37. The molecule has 0 fully saturated rings. The molecule has 1 aromatic heterocycles. The molecule has 0 amide bonds. The topological polar surface area (TPSA) is 48.1 Å². The van der Waals surface area contributed by atoms with Crippen LogP contribution < -0.4 is 10.5 Å². The molecule has 0 aromatic carbocycles. The Morgan fingerprint density at radius 1 is 1.38 bits per heavy atom. The van der Waals surface area contributed by atoms with Gasteiger partial charge in [0.15, 0.2) is 11.6 Å². The fourth-order valence-electron chi connectivity index (χ4n) is 0.929. The summed E-state index contributed by atoms with van der Waals surface area (Å²) >= 11 is 2.73. The second-order valence-electron chi connectivity index (χ2n) is 2.60. The van der Waals surface area contributed by atoms with Gasteiger partial charge in [-0.25, -0.2) is 13.8 Å². The van der Waals surface area contributed by atoms with Crippen molar-refractivity contribution in [3.05, 3.63) is 16.2 Å². The maximum absolute atomic E-state index is 12.4. The number of hydrogen-bond donors (Lipinski definition) is 1. The van der Waals surface area contributed by atoms with Crippen molar-refractivity contribution in [2.24, 2.45) is 0 Å². The van der Waals surface area contributed by atoms with Crippen LogP contribution in [-0.2, 0) is 0 Å². The van der Waals surface area contributed by atoms with Crippen LogP contribution in [0.15, 0.2) is 10.7 Å². The normalized spacial score (nSPS) is 11.9. The van der Waals surface area contributed by atoms with E-state index in [9.17, 15) is 22.0 Å². The van der Waals surface area contributed by atoms with Crippen molar-refractivity contribution >= 4 is 21.7 Å². The van der Waals surface area contributed by atoms with Gasteiger partial charge in [0.2, 0.25) is 0 Å². The smallest absolute Gasteiger partial charge is 0.401 e. The Labute approximate surface area is 94.5 Å². The molecule has 0 aliphatic heterocycles. The van der Waals surface area contributed by atoms with Gasteiger partial charge in [0.1, 0.15) is 4.60 Å². The minimum atomic E-state index is -5.10. The minimum absolute atomic E-state index is 0.102. The molecule has 16 heavy (non-hydrogen) atoms. The van der Waals surface area contributed by atoms with E-state index in [1.807, 2.05) is 0 Å². The van der Waals surface area contributed by atoms with Crippen LogP contribution in [0.2, 0.25) is 0 Å². The van der Waals surface area contributed by atoms with Crippen molar-refractivity contribution in [2.45, 2.75) is 12.8 Å². The predicted molar refractivity (Wildman–Crippen MR) is 48.0 cm³/mol. The number of aromatic nitrogens is 1. The van der Waals surface area contributed by atoms with Crippen molar-refractivity contribution in [1.82, 2.24) is 4.98 Å². The number of halogens is 6. The van der Waals surface area contributed by atoms with Crippen molar-refractivity contribution in [3.63, 3.8) is 0 Å². The van der Waals surface area contributed by atoms with Gasteiger partial charge in [0, 0.05) is 0 Å². The van der Waals surface area contributed by atoms with E-state index in [2.05, 4.69) is 25.7 Å². The van der Waals surface area contributed by atoms with Crippen LogP contribution in [0.5, 0.6) is 5.75 Å². The van der Waals surface area contributed by atoms with Crippen LogP contribution in [0.1, 0.15) is 12.0 Å². The third-order valence-electron chi connectivity index (χ3n) is 1.45. The molecule has 1 heterocycles. The summed E-state index contributed by atoms with van der Waals surface area (Å²) in [7, 11) is 0. The largest absolute Gasteiger partial charge is 0.573 e. The number of alkyl halides is 5. The van der Waals surface area contributed by atoms with E-state index in [0.717, 1.165) is 0 Å². The molecule has 90 valence electrons. The van der Waals surface area contributed by atoms with E-state index < -0.39 is 29.9 Å². The number of hydrogen-bond acceptors (Lipinski definition) is 3. The zero-order valence-electron chi connectivity index (χ0n) is 7.36. The van der Waals surface area contributed by atoms with E-state index in [4.69, 9.17) is 5.73 Å². The summed E-state index contributed by atoms with van der Waals surface area (Å²) in [6.07, 6.45) is -8.26. The Balaban J connectivity index is 3.25. The average molecular weight is 307 g/mol. The Morgan fingerprint density at radius 2 is 1.94 bits per heavy atom. The highest BCUT2D eigenvalue weighted by atomic mass is 79.9. The van der Waals surface area contributed by atoms with Gasteiger partial charge in [-0.15, -0.1) is 13.2 Å². The molecular formula is C7H4BrF5N2O. The van der Waals surface area contributed by atoms with Crippen molar-refractivity contribution < 1.29 is 26.7 Å². The molecule has 0 saturated carbocycles. The maximum atomic E-state index is 12.4. The molecule has 0 aliphatic carbocycles. The summed E-state index contributed by atoms with van der Waals surface area (Å²) in [6.45, 7) is 0. The lowest BCUT2D eigenvalue weighted by Gasteiger charge is -2.14. The van der Waals surface area contributed by atoms with Crippen LogP contribution in [-0.4, -0.2) is 11.3 Å². The highest BCUT2D eigenvalue weighted by molar-refractivity contribution is 9.10. The molecule has 9 heteroatoms. The molecule has 1 rings (SSSR count). The number of nitrogen functional groups attached to an aromatic ring is 1. The Bertz CT molecular complexity index is 395. The third-order valence-corrected chi connectivity index (χ3v) is 1.86. The van der Waals surface area contributed by atoms with Crippen molar-refractivity contribution in [2.75, 3.05) is 5.73 Å². The lowest BCUT2D eigenvalue weighted by atomic mass is 10.2. The predicted octanol–water partition coefficient (Wildman–Crippen LogP) is 3.26. The number of nitrogens with two attached hydrogens (primary N) is 1. The first-order chi connectivity index (χ1) is 7.20. The molecule has 3 nitrogen and oxygen atoms in total. The second-order valence-corrected chi connectivity index (χ2v) is 3.41. The van der Waals surface area contributed by atoms with Gasteiger partial charge in [-0.2, -0.15) is 0 Å². The quantitative estimate of drug-likeness (QED) is 0.674. The molecule has 0 aliphatic rings. The second kappa shape index (κ2) is 4.40. The lowest BCUT2D eigenvalue weighted by Crippen LogP contribution is -2.19. The van der Waals surface area contributed by atoms with Crippen LogP contribution in [0.25, 0.3) is 0 Å². The van der Waals surface area contributed by atoms with Gasteiger partial charge in [-0.3, -0.25) is 0 Å². The standard InChI is InChI=1S/C7H4BrF5N2O/c8-3-1-2(5(9)10)4(6(14)15-3)16-7(11,12)13/h1,5H,(H2,14,15). The Hall–Kier alpha value is -1.12. The molecule has 0 saturated heterocycles. The fraction of sp³-hybridized carbons (Fsp3) is 0.286. The first-order valence-electron chi connectivity index (χ1n) is 3.70. The molecule has 0 unspecified atom stereocenters. The van der Waals surface area contributed by atoms with Crippen LogP contribution in [0, 0.1) is 0 Å². The number of pyridine rings is 1. The van der Waals surface area contributed by atoms with Crippen LogP contribution >= 0.6 is 15.9 Å². The van der Waals surface area contributed by atoms with Crippen LogP contribution in [0.4, 0.5) is 27.8 Å². The van der Waals surface area contributed by atoms with Crippen LogP contribution in [0.3, 0.4) is 0 Å². The molecule has 1 aromatic rings. The molecule has 0 spiro atoms. The van der Waals surface area contributed by atoms with E-state index in [1.165, 1.54) is 0 Å². The SMILES string of the molecule is Nc1nc(Br)cc(C(F)F)c1OC(F)(F)F. The summed E-state index contributed by atoms with van der Waals surface area (Å²) in [5.41, 5.74) is 4.09. The minimum Gasteiger partial charge on any atom is -0.401 e. The molecule has 2 N–H and O–H groups in total. The zero-order valence-corrected chi connectivity index (χ0v) is 8.94. The van der Waals surface area contributed by atoms with Gasteiger partial charge in [0.05, 0.1) is 5.56 Å². The monoisotopic (exact) mass is 306 g/mol. The Kier molecular flexibility index (Phi) is 3.56. The first-order valence-corrected chi connectivity index (χ1v) is 4.50. The highest BCUT2D eigenvalue weighted by Gasteiger charge is 2.35. The van der Waals surface area contributed by atoms with Gasteiger partial charge in [0.25, 0.3) is 6.43 Å². The summed E-state index contributed by atoms with van der Waals surface area (Å²) in [5, 5.41) is 0. The third kappa shape index (κ3) is 3.19. The molecule has 0 bridgehead atoms. The summed E-state index contributed by atoms with van der Waals surface area (Å²) in [4.78, 5) is 3.34. The molecular weight excluding hydrogens is 303 g/mol. The van der Waals surface area contributed by atoms with Gasteiger partial charge in [-0.1, -0.05) is 0 Å². The van der Waals surface area contributed by atoms with Gasteiger partial charge >= 0.3 is 6.36 Å². The van der Waals surface area contributed by atoms with Crippen molar-refractivity contribution in [1.29, 1.82) is 0 Å². The van der Waals surface area contributed by atoms with Gasteiger partial charge < -0.3 is 10.5 Å². The molecule has 0 atom stereocenters. The zero-order chi connectivity index (χ0) is 12.5. The van der Waals surface area contributed by atoms with Crippen molar-refractivity contribution in [3.8, 4) is 5.75 Å². The van der Waals surface area contributed by atoms with E-state index in [1.54, 1.807) is 0 Å². The average Bonchev–Trinajstić information content (AvgIpc) is 2.07.